The number of anilines is 1. The van der Waals surface area contributed by atoms with Crippen molar-refractivity contribution in [1.29, 1.82) is 0 Å². The lowest BCUT2D eigenvalue weighted by atomic mass is 10.1. The molecule has 0 amide bonds. The minimum Gasteiger partial charge on any atom is -0.462 e. The Morgan fingerprint density at radius 3 is 2.38 bits per heavy atom. The fourth-order valence-electron chi connectivity index (χ4n) is 1.99. The molecule has 0 aromatic heterocycles. The van der Waals surface area contributed by atoms with Crippen LogP contribution >= 0.6 is 0 Å². The third kappa shape index (κ3) is 4.74. The maximum Gasteiger partial charge on any atom is 0.327 e. The summed E-state index contributed by atoms with van der Waals surface area (Å²) in [7, 11) is -3.55. The predicted octanol–water partition coefficient (Wildman–Crippen LogP) is 2.41. The van der Waals surface area contributed by atoms with Crippen molar-refractivity contribution >= 4 is 21.7 Å². The first-order valence-corrected chi connectivity index (χ1v) is 8.55. The van der Waals surface area contributed by atoms with Crippen LogP contribution in [0.1, 0.15) is 31.9 Å². The molecule has 0 unspecified atom stereocenters. The Morgan fingerprint density at radius 1 is 1.29 bits per heavy atom. The van der Waals surface area contributed by atoms with Crippen LogP contribution < -0.4 is 4.31 Å². The summed E-state index contributed by atoms with van der Waals surface area (Å²) in [6, 6.07) is 5.44. The molecule has 0 aliphatic heterocycles. The number of sulfonamides is 1. The molecule has 0 aliphatic rings. The number of esters is 1. The number of carbonyl (C=O) groups is 1. The van der Waals surface area contributed by atoms with Crippen molar-refractivity contribution in [1.82, 2.24) is 0 Å². The number of nitrogens with zero attached hydrogens (tertiary/aromatic N) is 1. The number of carbonyl (C=O) groups excluding carboxylic acids is 1. The van der Waals surface area contributed by atoms with Gasteiger partial charge in [0.15, 0.2) is 0 Å². The van der Waals surface area contributed by atoms with Crippen molar-refractivity contribution in [3.63, 3.8) is 0 Å². The topological polar surface area (TPSA) is 63.7 Å². The molecular formula is C15H23NO4S. The molecule has 1 aromatic rings. The van der Waals surface area contributed by atoms with E-state index in [0.29, 0.717) is 5.69 Å². The molecule has 21 heavy (non-hydrogen) atoms. The zero-order chi connectivity index (χ0) is 16.2. The lowest BCUT2D eigenvalue weighted by Crippen LogP contribution is -2.38. The summed E-state index contributed by atoms with van der Waals surface area (Å²) in [6.07, 6.45) is -0.275. The van der Waals surface area contributed by atoms with Crippen molar-refractivity contribution in [2.45, 2.75) is 40.7 Å². The van der Waals surface area contributed by atoms with Gasteiger partial charge in [-0.3, -0.25) is 9.10 Å². The van der Waals surface area contributed by atoms with E-state index >= 15 is 0 Å². The molecule has 118 valence electrons. The van der Waals surface area contributed by atoms with Gasteiger partial charge in [-0.2, -0.15) is 0 Å². The van der Waals surface area contributed by atoms with E-state index < -0.39 is 16.0 Å². The van der Waals surface area contributed by atoms with Crippen LogP contribution in [0.3, 0.4) is 0 Å². The van der Waals surface area contributed by atoms with Crippen molar-refractivity contribution in [2.24, 2.45) is 0 Å². The Kier molecular flexibility index (Phi) is 5.78. The van der Waals surface area contributed by atoms with Gasteiger partial charge in [0.2, 0.25) is 10.0 Å². The number of hydrogen-bond acceptors (Lipinski definition) is 4. The van der Waals surface area contributed by atoms with E-state index in [-0.39, 0.29) is 18.4 Å². The standard InChI is InChI=1S/C15H23NO4S/c1-6-21(18,19)16(10-15(17)20-11(2)3)14-8-7-12(4)9-13(14)5/h7-9,11H,6,10H2,1-5H3. The summed E-state index contributed by atoms with van der Waals surface area (Å²) in [6.45, 7) is 8.47. The molecule has 0 heterocycles. The van der Waals surface area contributed by atoms with Gasteiger partial charge in [0, 0.05) is 0 Å². The molecule has 0 fully saturated rings. The smallest absolute Gasteiger partial charge is 0.327 e. The second-order valence-corrected chi connectivity index (χ2v) is 7.42. The highest BCUT2D eigenvalue weighted by molar-refractivity contribution is 7.92. The van der Waals surface area contributed by atoms with Gasteiger partial charge in [0.25, 0.3) is 0 Å². The number of hydrogen-bond donors (Lipinski definition) is 0. The van der Waals surface area contributed by atoms with E-state index in [0.717, 1.165) is 15.4 Å². The third-order valence-corrected chi connectivity index (χ3v) is 4.69. The van der Waals surface area contributed by atoms with Gasteiger partial charge in [-0.25, -0.2) is 8.42 Å². The minimum atomic E-state index is -3.55. The van der Waals surface area contributed by atoms with E-state index in [1.54, 1.807) is 26.8 Å². The molecule has 0 atom stereocenters. The Hall–Kier alpha value is -1.56. The van der Waals surface area contributed by atoms with Crippen LogP contribution in [0.25, 0.3) is 0 Å². The van der Waals surface area contributed by atoms with Gasteiger partial charge in [-0.15, -0.1) is 0 Å². The summed E-state index contributed by atoms with van der Waals surface area (Å²) in [4.78, 5) is 11.8. The molecule has 0 N–H and O–H groups in total. The molecule has 1 rings (SSSR count). The van der Waals surface area contributed by atoms with Crippen LogP contribution in [0.4, 0.5) is 5.69 Å². The summed E-state index contributed by atoms with van der Waals surface area (Å²) in [5.41, 5.74) is 2.36. The average molecular weight is 313 g/mol. The SMILES string of the molecule is CCS(=O)(=O)N(CC(=O)OC(C)C)c1ccc(C)cc1C. The number of rotatable bonds is 6. The van der Waals surface area contributed by atoms with Crippen LogP contribution in [0, 0.1) is 13.8 Å². The molecule has 0 radical (unpaired) electrons. The largest absolute Gasteiger partial charge is 0.462 e. The van der Waals surface area contributed by atoms with E-state index in [4.69, 9.17) is 4.74 Å². The maximum absolute atomic E-state index is 12.3. The highest BCUT2D eigenvalue weighted by Crippen LogP contribution is 2.24. The summed E-state index contributed by atoms with van der Waals surface area (Å²) >= 11 is 0. The van der Waals surface area contributed by atoms with Gasteiger partial charge in [0.1, 0.15) is 6.54 Å². The van der Waals surface area contributed by atoms with Crippen molar-refractivity contribution in [3.8, 4) is 0 Å². The quantitative estimate of drug-likeness (QED) is 0.757. The van der Waals surface area contributed by atoms with Gasteiger partial charge in [0.05, 0.1) is 17.5 Å². The van der Waals surface area contributed by atoms with Gasteiger partial charge in [-0.1, -0.05) is 17.7 Å². The molecular weight excluding hydrogens is 290 g/mol. The lowest BCUT2D eigenvalue weighted by molar-refractivity contribution is -0.145. The Morgan fingerprint density at radius 2 is 1.90 bits per heavy atom. The van der Waals surface area contributed by atoms with Crippen LogP contribution in [0.15, 0.2) is 18.2 Å². The Labute approximate surface area is 127 Å². The van der Waals surface area contributed by atoms with E-state index in [2.05, 4.69) is 0 Å². The number of aryl methyl sites for hydroxylation is 2. The van der Waals surface area contributed by atoms with Gasteiger partial charge in [-0.05, 0) is 46.2 Å². The lowest BCUT2D eigenvalue weighted by Gasteiger charge is -2.25. The van der Waals surface area contributed by atoms with Gasteiger partial charge < -0.3 is 4.74 Å². The van der Waals surface area contributed by atoms with Crippen LogP contribution in [0.2, 0.25) is 0 Å². The number of benzene rings is 1. The average Bonchev–Trinajstić information content (AvgIpc) is 2.35. The molecule has 0 bridgehead atoms. The van der Waals surface area contributed by atoms with Crippen LogP contribution in [-0.2, 0) is 19.6 Å². The van der Waals surface area contributed by atoms with E-state index in [9.17, 15) is 13.2 Å². The summed E-state index contributed by atoms with van der Waals surface area (Å²) < 4.78 is 30.7. The van der Waals surface area contributed by atoms with Gasteiger partial charge >= 0.3 is 5.97 Å². The second-order valence-electron chi connectivity index (χ2n) is 5.24. The normalized spacial score (nSPS) is 11.5. The molecule has 5 nitrogen and oxygen atoms in total. The fourth-order valence-corrected chi connectivity index (χ4v) is 3.11. The predicted molar refractivity (Wildman–Crippen MR) is 84.0 cm³/mol. The van der Waals surface area contributed by atoms with E-state index in [1.807, 2.05) is 26.0 Å². The first-order valence-electron chi connectivity index (χ1n) is 6.94. The molecule has 0 spiro atoms. The summed E-state index contributed by atoms with van der Waals surface area (Å²) in [5, 5.41) is 0. The van der Waals surface area contributed by atoms with Crippen LogP contribution in [-0.4, -0.2) is 32.8 Å². The zero-order valence-electron chi connectivity index (χ0n) is 13.2. The Bertz CT molecular complexity index is 608. The summed E-state index contributed by atoms with van der Waals surface area (Å²) in [5.74, 6) is -0.628. The Balaban J connectivity index is 3.18. The third-order valence-electron chi connectivity index (χ3n) is 2.96. The molecule has 0 aliphatic carbocycles. The monoisotopic (exact) mass is 313 g/mol. The zero-order valence-corrected chi connectivity index (χ0v) is 14.0. The molecule has 1 aromatic carbocycles. The highest BCUT2D eigenvalue weighted by atomic mass is 32.2. The molecule has 0 saturated carbocycles. The van der Waals surface area contributed by atoms with Crippen molar-refractivity contribution in [3.05, 3.63) is 29.3 Å². The number of ether oxygens (including phenoxy) is 1. The van der Waals surface area contributed by atoms with E-state index in [1.165, 1.54) is 0 Å². The van der Waals surface area contributed by atoms with Crippen molar-refractivity contribution in [2.75, 3.05) is 16.6 Å². The first-order chi connectivity index (χ1) is 9.67. The maximum atomic E-state index is 12.3. The van der Waals surface area contributed by atoms with Crippen molar-refractivity contribution < 1.29 is 17.9 Å². The minimum absolute atomic E-state index is 0.0741. The second kappa shape index (κ2) is 6.93. The highest BCUT2D eigenvalue weighted by Gasteiger charge is 2.25. The first kappa shape index (κ1) is 17.5. The molecule has 0 saturated heterocycles. The fraction of sp³-hybridized carbons (Fsp3) is 0.533. The van der Waals surface area contributed by atoms with Crippen LogP contribution in [0.5, 0.6) is 0 Å². The molecule has 6 heteroatoms.